The predicted molar refractivity (Wildman–Crippen MR) is 104 cm³/mol. The van der Waals surface area contributed by atoms with E-state index >= 15 is 0 Å². The summed E-state index contributed by atoms with van der Waals surface area (Å²) in [6.07, 6.45) is 3.24. The molecule has 2 aromatic rings. The summed E-state index contributed by atoms with van der Waals surface area (Å²) in [4.78, 5) is 23.4. The summed E-state index contributed by atoms with van der Waals surface area (Å²) in [7, 11) is 1.60. The Balaban J connectivity index is 1.66. The third-order valence-electron chi connectivity index (χ3n) is 3.48. The third-order valence-corrected chi connectivity index (χ3v) is 4.01. The lowest BCUT2D eigenvalue weighted by Gasteiger charge is -2.05. The molecule has 0 aliphatic rings. The Bertz CT molecular complexity index is 754. The number of hydrogen-bond acceptors (Lipinski definition) is 4. The van der Waals surface area contributed by atoms with Gasteiger partial charge in [-0.25, -0.2) is 0 Å². The first-order valence-electron chi connectivity index (χ1n) is 8.07. The average Bonchev–Trinajstić information content (AvgIpc) is 2.66. The predicted octanol–water partition coefficient (Wildman–Crippen LogP) is 3.72. The zero-order chi connectivity index (χ0) is 18.8. The van der Waals surface area contributed by atoms with E-state index in [0.717, 1.165) is 21.3 Å². The Morgan fingerprint density at radius 3 is 2.42 bits per heavy atom. The van der Waals surface area contributed by atoms with Gasteiger partial charge < -0.3 is 14.8 Å². The Labute approximate surface area is 161 Å². The maximum Gasteiger partial charge on any atom is 0.307 e. The van der Waals surface area contributed by atoms with Crippen molar-refractivity contribution in [1.29, 1.82) is 0 Å². The van der Waals surface area contributed by atoms with Crippen molar-refractivity contribution < 1.29 is 19.1 Å². The van der Waals surface area contributed by atoms with Gasteiger partial charge in [0.1, 0.15) is 12.4 Å². The van der Waals surface area contributed by atoms with E-state index in [0.29, 0.717) is 0 Å². The lowest BCUT2D eigenvalue weighted by atomic mass is 10.2. The van der Waals surface area contributed by atoms with Crippen LogP contribution in [0.5, 0.6) is 5.75 Å². The molecule has 0 spiro atoms. The van der Waals surface area contributed by atoms with E-state index in [1.54, 1.807) is 13.2 Å². The van der Waals surface area contributed by atoms with E-state index in [9.17, 15) is 9.59 Å². The fraction of sp³-hybridized carbons (Fsp3) is 0.200. The van der Waals surface area contributed by atoms with E-state index in [2.05, 4.69) is 21.2 Å². The van der Waals surface area contributed by atoms with Gasteiger partial charge in [-0.3, -0.25) is 9.59 Å². The topological polar surface area (TPSA) is 64.6 Å². The van der Waals surface area contributed by atoms with Crippen molar-refractivity contribution in [3.05, 3.63) is 70.2 Å². The second kappa shape index (κ2) is 10.4. The van der Waals surface area contributed by atoms with Gasteiger partial charge in [0, 0.05) is 17.1 Å². The van der Waals surface area contributed by atoms with Gasteiger partial charge in [-0.05, 0) is 41.5 Å². The summed E-state index contributed by atoms with van der Waals surface area (Å²) < 4.78 is 11.2. The monoisotopic (exact) mass is 417 g/mol. The quantitative estimate of drug-likeness (QED) is 0.524. The van der Waals surface area contributed by atoms with Gasteiger partial charge in [-0.15, -0.1) is 0 Å². The van der Waals surface area contributed by atoms with Gasteiger partial charge in [0.05, 0.1) is 13.5 Å². The Morgan fingerprint density at radius 2 is 1.77 bits per heavy atom. The zero-order valence-electron chi connectivity index (χ0n) is 14.4. The molecule has 0 aromatic heterocycles. The van der Waals surface area contributed by atoms with Crippen molar-refractivity contribution in [1.82, 2.24) is 5.32 Å². The van der Waals surface area contributed by atoms with Crippen molar-refractivity contribution in [2.45, 2.75) is 13.0 Å². The van der Waals surface area contributed by atoms with Crippen molar-refractivity contribution in [3.8, 4) is 5.75 Å². The molecule has 6 heteroatoms. The lowest BCUT2D eigenvalue weighted by Crippen LogP contribution is -2.24. The Morgan fingerprint density at radius 1 is 1.08 bits per heavy atom. The van der Waals surface area contributed by atoms with E-state index in [-0.39, 0.29) is 31.4 Å². The molecular weight excluding hydrogens is 398 g/mol. The lowest BCUT2D eigenvalue weighted by molar-refractivity contribution is -0.144. The first kappa shape index (κ1) is 19.7. The molecule has 2 rings (SSSR count). The van der Waals surface area contributed by atoms with Gasteiger partial charge >= 0.3 is 5.97 Å². The minimum Gasteiger partial charge on any atom is -0.497 e. The summed E-state index contributed by atoms with van der Waals surface area (Å²) in [6, 6.07) is 14.9. The van der Waals surface area contributed by atoms with E-state index < -0.39 is 0 Å². The molecule has 2 aromatic carbocycles. The van der Waals surface area contributed by atoms with Crippen LogP contribution in [0.15, 0.2) is 59.1 Å². The van der Waals surface area contributed by atoms with Crippen molar-refractivity contribution in [2.75, 3.05) is 13.7 Å². The molecule has 0 aliphatic carbocycles. The number of benzene rings is 2. The van der Waals surface area contributed by atoms with Gasteiger partial charge in [0.25, 0.3) is 0 Å². The summed E-state index contributed by atoms with van der Waals surface area (Å²) >= 11 is 3.35. The molecule has 0 atom stereocenters. The molecule has 0 fully saturated rings. The average molecular weight is 418 g/mol. The van der Waals surface area contributed by atoms with Crippen LogP contribution in [0.2, 0.25) is 0 Å². The summed E-state index contributed by atoms with van der Waals surface area (Å²) in [5.41, 5.74) is 1.79. The van der Waals surface area contributed by atoms with Crippen LogP contribution in [0.25, 0.3) is 6.08 Å². The highest BCUT2D eigenvalue weighted by molar-refractivity contribution is 9.10. The molecule has 5 nitrogen and oxygen atoms in total. The highest BCUT2D eigenvalue weighted by Gasteiger charge is 2.04. The van der Waals surface area contributed by atoms with E-state index in [4.69, 9.17) is 9.47 Å². The second-order valence-corrected chi connectivity index (χ2v) is 6.35. The normalized spacial score (nSPS) is 10.5. The number of nitrogens with one attached hydrogen (secondary N) is 1. The fourth-order valence-electron chi connectivity index (χ4n) is 2.05. The number of esters is 1. The zero-order valence-corrected chi connectivity index (χ0v) is 16.0. The van der Waals surface area contributed by atoms with E-state index in [1.807, 2.05) is 48.5 Å². The molecule has 0 bridgehead atoms. The van der Waals surface area contributed by atoms with Crippen molar-refractivity contribution in [2.24, 2.45) is 0 Å². The highest BCUT2D eigenvalue weighted by Crippen LogP contribution is 2.12. The number of carbonyl (C=O) groups is 2. The smallest absolute Gasteiger partial charge is 0.307 e. The van der Waals surface area contributed by atoms with Gasteiger partial charge in [-0.1, -0.05) is 40.2 Å². The second-order valence-electron chi connectivity index (χ2n) is 5.43. The largest absolute Gasteiger partial charge is 0.497 e. The van der Waals surface area contributed by atoms with Gasteiger partial charge in [0.2, 0.25) is 5.91 Å². The molecule has 26 heavy (non-hydrogen) atoms. The van der Waals surface area contributed by atoms with Gasteiger partial charge in [-0.2, -0.15) is 0 Å². The maximum atomic E-state index is 11.8. The number of amides is 1. The van der Waals surface area contributed by atoms with Crippen LogP contribution in [0.4, 0.5) is 0 Å². The SMILES string of the molecule is COc1ccc(/C=C/C(=O)NCCC(=O)OCc2ccc(Br)cc2)cc1. The molecule has 0 saturated carbocycles. The molecule has 0 heterocycles. The number of ether oxygens (including phenoxy) is 2. The molecule has 0 saturated heterocycles. The minimum atomic E-state index is -0.354. The van der Waals surface area contributed by atoms with Crippen molar-refractivity contribution in [3.63, 3.8) is 0 Å². The van der Waals surface area contributed by atoms with Gasteiger partial charge in [0.15, 0.2) is 0 Å². The minimum absolute atomic E-state index is 0.124. The molecule has 1 amide bonds. The summed E-state index contributed by atoms with van der Waals surface area (Å²) in [6.45, 7) is 0.447. The Kier molecular flexibility index (Phi) is 7.89. The van der Waals surface area contributed by atoms with Crippen LogP contribution >= 0.6 is 15.9 Å². The molecular formula is C20H20BrNO4. The number of carbonyl (C=O) groups excluding carboxylic acids is 2. The standard InChI is InChI=1S/C20H20BrNO4/c1-25-18-9-4-15(5-10-18)6-11-19(23)22-13-12-20(24)26-14-16-2-7-17(21)8-3-16/h2-11H,12-14H2,1H3,(H,22,23)/b11-6+. The van der Waals surface area contributed by atoms with Crippen molar-refractivity contribution >= 4 is 33.9 Å². The van der Waals surface area contributed by atoms with Crippen LogP contribution in [0.3, 0.4) is 0 Å². The first-order chi connectivity index (χ1) is 12.6. The third kappa shape index (κ3) is 7.11. The summed E-state index contributed by atoms with van der Waals surface area (Å²) in [5.74, 6) is 0.141. The highest BCUT2D eigenvalue weighted by atomic mass is 79.9. The number of hydrogen-bond donors (Lipinski definition) is 1. The van der Waals surface area contributed by atoms with Crippen LogP contribution in [0.1, 0.15) is 17.5 Å². The molecule has 0 unspecified atom stereocenters. The fourth-order valence-corrected chi connectivity index (χ4v) is 2.31. The molecule has 136 valence electrons. The number of halogens is 1. The van der Waals surface area contributed by atoms with Crippen LogP contribution in [-0.2, 0) is 20.9 Å². The number of methoxy groups -OCH3 is 1. The molecule has 0 radical (unpaired) electrons. The number of rotatable bonds is 8. The maximum absolute atomic E-state index is 11.8. The molecule has 1 N–H and O–H groups in total. The first-order valence-corrected chi connectivity index (χ1v) is 8.86. The van der Waals surface area contributed by atoms with Crippen LogP contribution in [0, 0.1) is 0 Å². The van der Waals surface area contributed by atoms with Crippen LogP contribution < -0.4 is 10.1 Å². The molecule has 0 aliphatic heterocycles. The van der Waals surface area contributed by atoms with E-state index in [1.165, 1.54) is 6.08 Å². The Hall–Kier alpha value is -2.60. The van der Waals surface area contributed by atoms with Crippen LogP contribution in [-0.4, -0.2) is 25.5 Å². The summed E-state index contributed by atoms with van der Waals surface area (Å²) in [5, 5.41) is 2.65.